The highest BCUT2D eigenvalue weighted by Crippen LogP contribution is 2.37. The first-order valence-electron chi connectivity index (χ1n) is 9.47. The van der Waals surface area contributed by atoms with Gasteiger partial charge in [-0.2, -0.15) is 0 Å². The number of nitrogens with two attached hydrogens (primary N) is 1. The van der Waals surface area contributed by atoms with E-state index < -0.39 is 0 Å². The molecule has 2 aliphatic rings. The smallest absolute Gasteiger partial charge is 0.217 e. The second kappa shape index (κ2) is 10.5. The molecule has 2 aromatic carbocycles. The summed E-state index contributed by atoms with van der Waals surface area (Å²) in [5, 5.41) is 4.53. The van der Waals surface area contributed by atoms with Crippen molar-refractivity contribution in [3.63, 3.8) is 0 Å². The van der Waals surface area contributed by atoms with E-state index in [0.717, 1.165) is 29.3 Å². The Bertz CT molecular complexity index is 764. The van der Waals surface area contributed by atoms with E-state index in [1.807, 2.05) is 36.4 Å². The van der Waals surface area contributed by atoms with E-state index in [9.17, 15) is 4.79 Å². The molecule has 0 aliphatic heterocycles. The van der Waals surface area contributed by atoms with Crippen LogP contribution in [0.2, 0.25) is 10.0 Å². The Labute approximate surface area is 183 Å². The summed E-state index contributed by atoms with van der Waals surface area (Å²) in [7, 11) is 0. The van der Waals surface area contributed by atoms with E-state index in [4.69, 9.17) is 28.9 Å². The third-order valence-corrected chi connectivity index (χ3v) is 6.09. The second-order valence-electron chi connectivity index (χ2n) is 7.44. The van der Waals surface area contributed by atoms with Crippen molar-refractivity contribution in [3.05, 3.63) is 69.7 Å². The van der Waals surface area contributed by atoms with Gasteiger partial charge in [0.05, 0.1) is 0 Å². The minimum Gasteiger partial charge on any atom is -0.353 e. The van der Waals surface area contributed by atoms with E-state index in [1.165, 1.54) is 17.5 Å². The Balaban J connectivity index is 0.000000198. The number of benzene rings is 2. The monoisotopic (exact) mass is 440 g/mol. The Morgan fingerprint density at radius 3 is 1.64 bits per heavy atom. The molecule has 4 atom stereocenters. The van der Waals surface area contributed by atoms with Gasteiger partial charge in [0.1, 0.15) is 0 Å². The zero-order chi connectivity index (χ0) is 19.4. The third kappa shape index (κ3) is 5.87. The van der Waals surface area contributed by atoms with Crippen molar-refractivity contribution in [2.24, 2.45) is 5.73 Å². The molecular formula is C22H27Cl3N2O. The summed E-state index contributed by atoms with van der Waals surface area (Å²) in [6.07, 6.45) is 4.61. The standard InChI is InChI=1S/C12H14ClNO.C10H12ClN.ClH/c1-8(15)14-12-7-6-11(12)9-2-4-10(13)5-3-9;11-8-3-1-7(2-4-8)9-5-6-10(9)12;/h2-5,11-12H,6-7H2,1H3,(H,14,15);1-4,9-10H,5-6,12H2;1H/t11-,12-;9-,10-;/m00./s1. The van der Waals surface area contributed by atoms with Crippen LogP contribution in [0.4, 0.5) is 0 Å². The predicted octanol–water partition coefficient (Wildman–Crippen LogP) is 5.69. The van der Waals surface area contributed by atoms with Gasteiger partial charge in [-0.05, 0) is 67.0 Å². The maximum Gasteiger partial charge on any atom is 0.217 e. The lowest BCUT2D eigenvalue weighted by atomic mass is 9.75. The zero-order valence-corrected chi connectivity index (χ0v) is 18.2. The van der Waals surface area contributed by atoms with Gasteiger partial charge >= 0.3 is 0 Å². The first-order chi connectivity index (χ1) is 12.9. The van der Waals surface area contributed by atoms with Crippen LogP contribution in [0.25, 0.3) is 0 Å². The van der Waals surface area contributed by atoms with Crippen molar-refractivity contribution >= 4 is 41.5 Å². The van der Waals surface area contributed by atoms with Crippen LogP contribution < -0.4 is 11.1 Å². The van der Waals surface area contributed by atoms with Crippen molar-refractivity contribution < 1.29 is 4.79 Å². The summed E-state index contributed by atoms with van der Waals surface area (Å²) in [5.74, 6) is 1.09. The number of amides is 1. The molecule has 3 N–H and O–H groups in total. The normalized spacial score (nSPS) is 25.1. The van der Waals surface area contributed by atoms with E-state index in [2.05, 4.69) is 17.4 Å². The highest BCUT2D eigenvalue weighted by Gasteiger charge is 2.32. The van der Waals surface area contributed by atoms with Crippen molar-refractivity contribution in [1.29, 1.82) is 0 Å². The predicted molar refractivity (Wildman–Crippen MR) is 120 cm³/mol. The van der Waals surface area contributed by atoms with Crippen molar-refractivity contribution in [2.75, 3.05) is 0 Å². The van der Waals surface area contributed by atoms with Crippen LogP contribution in [0, 0.1) is 0 Å². The molecular weight excluding hydrogens is 415 g/mol. The molecule has 6 heteroatoms. The van der Waals surface area contributed by atoms with Gasteiger partial charge in [-0.15, -0.1) is 12.4 Å². The average Bonchev–Trinajstić information content (AvgIpc) is 2.62. The molecule has 152 valence electrons. The highest BCUT2D eigenvalue weighted by molar-refractivity contribution is 6.30. The topological polar surface area (TPSA) is 55.1 Å². The first-order valence-corrected chi connectivity index (χ1v) is 10.2. The quantitative estimate of drug-likeness (QED) is 0.643. The maximum absolute atomic E-state index is 10.9. The number of carbonyl (C=O) groups excluding carboxylic acids is 1. The fraction of sp³-hybridized carbons (Fsp3) is 0.409. The average molecular weight is 442 g/mol. The number of rotatable bonds is 3. The molecule has 28 heavy (non-hydrogen) atoms. The van der Waals surface area contributed by atoms with Gasteiger partial charge in [-0.25, -0.2) is 0 Å². The van der Waals surface area contributed by atoms with Gasteiger partial charge in [-0.1, -0.05) is 47.5 Å². The van der Waals surface area contributed by atoms with E-state index in [0.29, 0.717) is 23.9 Å². The SMILES string of the molecule is CC(=O)N[C@H]1CC[C@H]1c1ccc(Cl)cc1.Cl.N[C@H]1CC[C@H]1c1ccc(Cl)cc1. The molecule has 4 rings (SSSR count). The summed E-state index contributed by atoms with van der Waals surface area (Å²) in [5.41, 5.74) is 8.46. The largest absolute Gasteiger partial charge is 0.353 e. The zero-order valence-electron chi connectivity index (χ0n) is 15.9. The van der Waals surface area contributed by atoms with Crippen LogP contribution in [-0.4, -0.2) is 18.0 Å². The number of hydrogen-bond acceptors (Lipinski definition) is 2. The van der Waals surface area contributed by atoms with Crippen LogP contribution in [0.3, 0.4) is 0 Å². The molecule has 2 fully saturated rings. The van der Waals surface area contributed by atoms with Crippen LogP contribution in [0.15, 0.2) is 48.5 Å². The maximum atomic E-state index is 10.9. The molecule has 0 spiro atoms. The molecule has 2 saturated carbocycles. The lowest BCUT2D eigenvalue weighted by Gasteiger charge is -2.37. The minimum atomic E-state index is 0. The van der Waals surface area contributed by atoms with Gasteiger partial charge < -0.3 is 11.1 Å². The number of carbonyl (C=O) groups is 1. The van der Waals surface area contributed by atoms with Crippen LogP contribution in [0.5, 0.6) is 0 Å². The Hall–Kier alpha value is -1.26. The van der Waals surface area contributed by atoms with Crippen molar-refractivity contribution in [2.45, 2.75) is 56.5 Å². The van der Waals surface area contributed by atoms with E-state index in [-0.39, 0.29) is 18.3 Å². The van der Waals surface area contributed by atoms with Crippen LogP contribution in [0.1, 0.15) is 55.6 Å². The molecule has 3 nitrogen and oxygen atoms in total. The third-order valence-electron chi connectivity index (χ3n) is 5.59. The van der Waals surface area contributed by atoms with Gasteiger partial charge in [0.2, 0.25) is 5.91 Å². The summed E-state index contributed by atoms with van der Waals surface area (Å²) in [6, 6.07) is 16.6. The van der Waals surface area contributed by atoms with Gasteiger partial charge in [0.25, 0.3) is 0 Å². The van der Waals surface area contributed by atoms with Crippen molar-refractivity contribution in [3.8, 4) is 0 Å². The van der Waals surface area contributed by atoms with E-state index in [1.54, 1.807) is 6.92 Å². The summed E-state index contributed by atoms with van der Waals surface area (Å²) < 4.78 is 0. The molecule has 0 radical (unpaired) electrons. The van der Waals surface area contributed by atoms with Gasteiger partial charge in [0.15, 0.2) is 0 Å². The number of halogens is 3. The molecule has 1 amide bonds. The molecule has 0 aromatic heterocycles. The fourth-order valence-electron chi connectivity index (χ4n) is 3.69. The second-order valence-corrected chi connectivity index (χ2v) is 8.31. The lowest BCUT2D eigenvalue weighted by Crippen LogP contribution is -2.44. The Kier molecular flexibility index (Phi) is 8.63. The van der Waals surface area contributed by atoms with E-state index >= 15 is 0 Å². The van der Waals surface area contributed by atoms with Gasteiger partial charge in [-0.3, -0.25) is 4.79 Å². The Morgan fingerprint density at radius 1 is 0.857 bits per heavy atom. The molecule has 0 saturated heterocycles. The highest BCUT2D eigenvalue weighted by atomic mass is 35.5. The fourth-order valence-corrected chi connectivity index (χ4v) is 3.94. The van der Waals surface area contributed by atoms with Gasteiger partial charge in [0, 0.05) is 35.0 Å². The number of hydrogen-bond donors (Lipinski definition) is 2. The molecule has 2 aliphatic carbocycles. The lowest BCUT2D eigenvalue weighted by molar-refractivity contribution is -0.120. The summed E-state index contributed by atoms with van der Waals surface area (Å²) in [6.45, 7) is 1.57. The molecule has 0 bridgehead atoms. The molecule has 0 heterocycles. The van der Waals surface area contributed by atoms with Crippen LogP contribution >= 0.6 is 35.6 Å². The minimum absolute atomic E-state index is 0. The van der Waals surface area contributed by atoms with Crippen LogP contribution in [-0.2, 0) is 4.79 Å². The molecule has 0 unspecified atom stereocenters. The van der Waals surface area contributed by atoms with Crippen molar-refractivity contribution in [1.82, 2.24) is 5.32 Å². The summed E-state index contributed by atoms with van der Waals surface area (Å²) >= 11 is 11.6. The molecule has 2 aromatic rings. The summed E-state index contributed by atoms with van der Waals surface area (Å²) in [4.78, 5) is 10.9. The number of nitrogens with one attached hydrogen (secondary N) is 1. The Morgan fingerprint density at radius 2 is 1.32 bits per heavy atom. The first kappa shape index (κ1) is 23.0.